The van der Waals surface area contributed by atoms with E-state index in [1.165, 1.54) is 0 Å². The lowest BCUT2D eigenvalue weighted by atomic mass is 9.88. The van der Waals surface area contributed by atoms with Crippen LogP contribution in [0, 0.1) is 0 Å². The van der Waals surface area contributed by atoms with Crippen LogP contribution in [0.5, 0.6) is 11.5 Å². The van der Waals surface area contributed by atoms with Crippen LogP contribution in [0.1, 0.15) is 77.8 Å². The van der Waals surface area contributed by atoms with Gasteiger partial charge in [-0.1, -0.05) is 33.6 Å². The number of aromatic nitrogens is 1. The third-order valence-corrected chi connectivity index (χ3v) is 5.80. The predicted molar refractivity (Wildman–Crippen MR) is 118 cm³/mol. The topological polar surface area (TPSA) is 57.4 Å². The number of fused-ring (bicyclic) bond motifs is 1. The van der Waals surface area contributed by atoms with E-state index in [9.17, 15) is 0 Å². The standard InChI is InChI=1S/C24H38N2O2/c1-5-8-12-19-17-23(27-4)21-18-20(13-14-22(21)26-19)28-16-11-9-10-15-24(25,6-2)7-3/h13-14,17-18H,5-12,15-16,25H2,1-4H3. The van der Waals surface area contributed by atoms with Crippen molar-refractivity contribution in [1.82, 2.24) is 4.98 Å². The minimum Gasteiger partial charge on any atom is -0.496 e. The number of ether oxygens (including phenoxy) is 2. The third kappa shape index (κ3) is 6.37. The van der Waals surface area contributed by atoms with Crippen molar-refractivity contribution < 1.29 is 9.47 Å². The molecule has 0 unspecified atom stereocenters. The predicted octanol–water partition coefficient (Wildman–Crippen LogP) is 6.04. The van der Waals surface area contributed by atoms with Crippen LogP contribution in [0.3, 0.4) is 0 Å². The molecule has 2 rings (SSSR count). The summed E-state index contributed by atoms with van der Waals surface area (Å²) in [5.74, 6) is 1.75. The first-order valence-electron chi connectivity index (χ1n) is 10.9. The summed E-state index contributed by atoms with van der Waals surface area (Å²) in [4.78, 5) is 4.77. The average Bonchev–Trinajstić information content (AvgIpc) is 2.73. The molecule has 4 nitrogen and oxygen atoms in total. The summed E-state index contributed by atoms with van der Waals surface area (Å²) in [7, 11) is 1.72. The molecule has 28 heavy (non-hydrogen) atoms. The molecule has 2 aromatic rings. The fourth-order valence-electron chi connectivity index (χ4n) is 3.52. The maximum Gasteiger partial charge on any atom is 0.130 e. The Morgan fingerprint density at radius 3 is 2.46 bits per heavy atom. The number of benzene rings is 1. The fourth-order valence-corrected chi connectivity index (χ4v) is 3.52. The number of methoxy groups -OCH3 is 1. The van der Waals surface area contributed by atoms with Crippen molar-refractivity contribution in [3.63, 3.8) is 0 Å². The molecule has 0 saturated carbocycles. The number of nitrogens with two attached hydrogens (primary N) is 1. The maximum absolute atomic E-state index is 6.37. The Kier molecular flexibility index (Phi) is 9.04. The molecule has 0 fully saturated rings. The average molecular weight is 387 g/mol. The van der Waals surface area contributed by atoms with Crippen molar-refractivity contribution in [3.8, 4) is 11.5 Å². The zero-order chi connectivity index (χ0) is 20.4. The van der Waals surface area contributed by atoms with Crippen molar-refractivity contribution in [1.29, 1.82) is 0 Å². The Hall–Kier alpha value is -1.81. The largest absolute Gasteiger partial charge is 0.496 e. The number of nitrogens with zero attached hydrogens (tertiary/aromatic N) is 1. The molecule has 0 aliphatic carbocycles. The van der Waals surface area contributed by atoms with E-state index in [2.05, 4.69) is 26.8 Å². The van der Waals surface area contributed by atoms with Crippen LogP contribution >= 0.6 is 0 Å². The van der Waals surface area contributed by atoms with Gasteiger partial charge in [-0.2, -0.15) is 0 Å². The number of hydrogen-bond acceptors (Lipinski definition) is 4. The highest BCUT2D eigenvalue weighted by Crippen LogP contribution is 2.29. The number of pyridine rings is 1. The van der Waals surface area contributed by atoms with Gasteiger partial charge in [0.05, 0.1) is 19.2 Å². The Balaban J connectivity index is 1.90. The molecule has 0 bridgehead atoms. The number of rotatable bonds is 13. The Morgan fingerprint density at radius 2 is 1.79 bits per heavy atom. The van der Waals surface area contributed by atoms with Gasteiger partial charge in [0.1, 0.15) is 11.5 Å². The molecule has 2 N–H and O–H groups in total. The van der Waals surface area contributed by atoms with Crippen LogP contribution < -0.4 is 15.2 Å². The van der Waals surface area contributed by atoms with E-state index in [4.69, 9.17) is 20.2 Å². The molecule has 1 heterocycles. The summed E-state index contributed by atoms with van der Waals surface area (Å²) in [6.45, 7) is 7.29. The molecule has 0 radical (unpaired) electrons. The highest BCUT2D eigenvalue weighted by Gasteiger charge is 2.18. The lowest BCUT2D eigenvalue weighted by Crippen LogP contribution is -2.38. The van der Waals surface area contributed by atoms with Crippen molar-refractivity contribution >= 4 is 10.9 Å². The summed E-state index contributed by atoms with van der Waals surface area (Å²) in [5, 5.41) is 1.01. The van der Waals surface area contributed by atoms with Crippen molar-refractivity contribution in [3.05, 3.63) is 30.0 Å². The van der Waals surface area contributed by atoms with E-state index in [0.717, 1.165) is 92.5 Å². The molecule has 0 spiro atoms. The maximum atomic E-state index is 6.37. The van der Waals surface area contributed by atoms with E-state index >= 15 is 0 Å². The molecule has 156 valence electrons. The molecule has 1 aromatic heterocycles. The fraction of sp³-hybridized carbons (Fsp3) is 0.625. The second-order valence-corrected chi connectivity index (χ2v) is 7.83. The van der Waals surface area contributed by atoms with Crippen molar-refractivity contribution in [2.24, 2.45) is 5.73 Å². The number of unbranched alkanes of at least 4 members (excludes halogenated alkanes) is 3. The third-order valence-electron chi connectivity index (χ3n) is 5.80. The van der Waals surface area contributed by atoms with E-state index in [1.54, 1.807) is 7.11 Å². The molecular weight excluding hydrogens is 348 g/mol. The molecule has 4 heteroatoms. The Bertz CT molecular complexity index is 726. The second-order valence-electron chi connectivity index (χ2n) is 7.83. The van der Waals surface area contributed by atoms with Crippen LogP contribution in [-0.2, 0) is 6.42 Å². The van der Waals surface area contributed by atoms with Crippen molar-refractivity contribution in [2.75, 3.05) is 13.7 Å². The van der Waals surface area contributed by atoms with Gasteiger partial charge in [0.25, 0.3) is 0 Å². The lowest BCUT2D eigenvalue weighted by Gasteiger charge is -2.26. The summed E-state index contributed by atoms with van der Waals surface area (Å²) >= 11 is 0. The zero-order valence-corrected chi connectivity index (χ0v) is 18.2. The molecule has 0 atom stereocenters. The van der Waals surface area contributed by atoms with Crippen LogP contribution in [0.4, 0.5) is 0 Å². The van der Waals surface area contributed by atoms with Crippen LogP contribution in [0.15, 0.2) is 24.3 Å². The SMILES string of the molecule is CCCCc1cc(OC)c2cc(OCCCCCC(N)(CC)CC)ccc2n1. The summed E-state index contributed by atoms with van der Waals surface area (Å²) in [5.41, 5.74) is 8.44. The summed E-state index contributed by atoms with van der Waals surface area (Å²) in [6.07, 6.45) is 9.85. The second kappa shape index (κ2) is 11.3. The first kappa shape index (κ1) is 22.5. The quantitative estimate of drug-likeness (QED) is 0.426. The smallest absolute Gasteiger partial charge is 0.130 e. The van der Waals surface area contributed by atoms with Gasteiger partial charge in [-0.25, -0.2) is 0 Å². The molecular formula is C24H38N2O2. The minimum atomic E-state index is 0.0126. The number of hydrogen-bond donors (Lipinski definition) is 1. The van der Waals surface area contributed by atoms with Crippen LogP contribution in [0.25, 0.3) is 10.9 Å². The van der Waals surface area contributed by atoms with Gasteiger partial charge < -0.3 is 15.2 Å². The highest BCUT2D eigenvalue weighted by molar-refractivity contribution is 5.86. The van der Waals surface area contributed by atoms with E-state index in [1.807, 2.05) is 18.2 Å². The van der Waals surface area contributed by atoms with Gasteiger partial charge in [-0.3, -0.25) is 4.98 Å². The summed E-state index contributed by atoms with van der Waals surface area (Å²) < 4.78 is 11.6. The van der Waals surface area contributed by atoms with Crippen LogP contribution in [-0.4, -0.2) is 24.2 Å². The minimum absolute atomic E-state index is 0.0126. The van der Waals surface area contributed by atoms with Gasteiger partial charge in [0.2, 0.25) is 0 Å². The van der Waals surface area contributed by atoms with Gasteiger partial charge in [-0.05, 0) is 63.1 Å². The zero-order valence-electron chi connectivity index (χ0n) is 18.2. The van der Waals surface area contributed by atoms with Crippen LogP contribution in [0.2, 0.25) is 0 Å². The normalized spacial score (nSPS) is 11.8. The highest BCUT2D eigenvalue weighted by atomic mass is 16.5. The van der Waals surface area contributed by atoms with E-state index in [-0.39, 0.29) is 5.54 Å². The molecule has 0 saturated heterocycles. The molecule has 1 aromatic carbocycles. The lowest BCUT2D eigenvalue weighted by molar-refractivity contribution is 0.295. The molecule has 0 amide bonds. The summed E-state index contributed by atoms with van der Waals surface area (Å²) in [6, 6.07) is 8.15. The van der Waals surface area contributed by atoms with Gasteiger partial charge in [-0.15, -0.1) is 0 Å². The molecule has 0 aliphatic rings. The Morgan fingerprint density at radius 1 is 1.00 bits per heavy atom. The Labute approximate surface area is 170 Å². The van der Waals surface area contributed by atoms with Gasteiger partial charge in [0, 0.05) is 22.7 Å². The number of aryl methyl sites for hydroxylation is 1. The van der Waals surface area contributed by atoms with Crippen molar-refractivity contribution in [2.45, 2.75) is 84.1 Å². The first-order valence-corrected chi connectivity index (χ1v) is 10.9. The van der Waals surface area contributed by atoms with E-state index < -0.39 is 0 Å². The first-order chi connectivity index (χ1) is 13.5. The molecule has 0 aliphatic heterocycles. The van der Waals surface area contributed by atoms with Gasteiger partial charge >= 0.3 is 0 Å². The van der Waals surface area contributed by atoms with Gasteiger partial charge in [0.15, 0.2) is 0 Å². The monoisotopic (exact) mass is 386 g/mol. The van der Waals surface area contributed by atoms with E-state index in [0.29, 0.717) is 0 Å².